The third-order valence-corrected chi connectivity index (χ3v) is 3.16. The molecule has 0 atom stereocenters. The van der Waals surface area contributed by atoms with Crippen LogP contribution in [0.1, 0.15) is 13.3 Å². The van der Waals surface area contributed by atoms with Crippen molar-refractivity contribution in [2.45, 2.75) is 26.4 Å². The van der Waals surface area contributed by atoms with Crippen LogP contribution in [-0.2, 0) is 13.1 Å². The fraction of sp³-hybridized carbons (Fsp3) is 0.357. The van der Waals surface area contributed by atoms with Crippen LogP contribution >= 0.6 is 11.6 Å². The first kappa shape index (κ1) is 13.7. The summed E-state index contributed by atoms with van der Waals surface area (Å²) in [5.41, 5.74) is 1.06. The highest BCUT2D eigenvalue weighted by molar-refractivity contribution is 6.30. The van der Waals surface area contributed by atoms with E-state index < -0.39 is 0 Å². The van der Waals surface area contributed by atoms with Gasteiger partial charge in [0.25, 0.3) is 0 Å². The summed E-state index contributed by atoms with van der Waals surface area (Å²) < 4.78 is 3.46. The quantitative estimate of drug-likeness (QED) is 0.883. The minimum absolute atomic E-state index is 0.0553. The van der Waals surface area contributed by atoms with Gasteiger partial charge in [0.05, 0.1) is 0 Å². The van der Waals surface area contributed by atoms with Gasteiger partial charge in [-0.15, -0.1) is 0 Å². The second-order valence-corrected chi connectivity index (χ2v) is 4.84. The first-order chi connectivity index (χ1) is 9.20. The Bertz CT molecular complexity index is 571. The van der Waals surface area contributed by atoms with E-state index in [4.69, 9.17) is 11.6 Å². The molecule has 0 aliphatic rings. The Kier molecular flexibility index (Phi) is 4.68. The minimum Gasteiger partial charge on any atom is -0.383 e. The van der Waals surface area contributed by atoms with Gasteiger partial charge in [0, 0.05) is 42.7 Å². The maximum Gasteiger partial charge on any atom is 0.328 e. The molecule has 0 aliphatic heterocycles. The fourth-order valence-electron chi connectivity index (χ4n) is 1.92. The zero-order chi connectivity index (χ0) is 13.7. The van der Waals surface area contributed by atoms with Crippen molar-refractivity contribution < 1.29 is 0 Å². The lowest BCUT2D eigenvalue weighted by Crippen LogP contribution is -2.26. The molecule has 1 aromatic carbocycles. The van der Waals surface area contributed by atoms with E-state index >= 15 is 0 Å². The van der Waals surface area contributed by atoms with Crippen LogP contribution in [0.5, 0.6) is 0 Å². The molecule has 0 saturated heterocycles. The van der Waals surface area contributed by atoms with Gasteiger partial charge in [-0.05, 0) is 30.7 Å². The minimum atomic E-state index is 0.0553. The maximum absolute atomic E-state index is 11.9. The molecule has 1 aromatic heterocycles. The number of nitrogens with zero attached hydrogens (tertiary/aromatic N) is 2. The van der Waals surface area contributed by atoms with Crippen molar-refractivity contribution in [3.05, 3.63) is 52.2 Å². The summed E-state index contributed by atoms with van der Waals surface area (Å²) in [6.45, 7) is 4.19. The largest absolute Gasteiger partial charge is 0.383 e. The first-order valence-electron chi connectivity index (χ1n) is 6.45. The average molecular weight is 280 g/mol. The Balaban J connectivity index is 1.89. The van der Waals surface area contributed by atoms with E-state index in [1.807, 2.05) is 36.7 Å². The molecule has 5 heteroatoms. The van der Waals surface area contributed by atoms with Crippen LogP contribution < -0.4 is 11.0 Å². The highest BCUT2D eigenvalue weighted by atomic mass is 35.5. The smallest absolute Gasteiger partial charge is 0.328 e. The zero-order valence-electron chi connectivity index (χ0n) is 11.0. The van der Waals surface area contributed by atoms with Gasteiger partial charge >= 0.3 is 5.69 Å². The van der Waals surface area contributed by atoms with Gasteiger partial charge in [-0.25, -0.2) is 4.79 Å². The highest BCUT2D eigenvalue weighted by Gasteiger charge is 2.01. The van der Waals surface area contributed by atoms with Crippen LogP contribution in [0.25, 0.3) is 0 Å². The van der Waals surface area contributed by atoms with Crippen molar-refractivity contribution in [1.82, 2.24) is 9.13 Å². The number of hydrogen-bond donors (Lipinski definition) is 1. The molecule has 0 bridgehead atoms. The monoisotopic (exact) mass is 279 g/mol. The van der Waals surface area contributed by atoms with Crippen LogP contribution in [0.4, 0.5) is 5.69 Å². The SMILES string of the molecule is CCCn1ccn(CCNc2ccc(Cl)cc2)c1=O. The molecule has 19 heavy (non-hydrogen) atoms. The Morgan fingerprint density at radius 3 is 2.37 bits per heavy atom. The predicted octanol–water partition coefficient (Wildman–Crippen LogP) is 2.83. The summed E-state index contributed by atoms with van der Waals surface area (Å²) in [5.74, 6) is 0. The lowest BCUT2D eigenvalue weighted by molar-refractivity contribution is 0.610. The van der Waals surface area contributed by atoms with E-state index in [-0.39, 0.29) is 5.69 Å². The first-order valence-corrected chi connectivity index (χ1v) is 6.83. The molecule has 102 valence electrons. The van der Waals surface area contributed by atoms with Crippen LogP contribution in [0, 0.1) is 0 Å². The Hall–Kier alpha value is -1.68. The number of aryl methyl sites for hydroxylation is 1. The number of anilines is 1. The van der Waals surface area contributed by atoms with E-state index in [0.29, 0.717) is 13.1 Å². The second-order valence-electron chi connectivity index (χ2n) is 4.40. The molecular formula is C14H18ClN3O. The zero-order valence-corrected chi connectivity index (χ0v) is 11.7. The molecule has 0 saturated carbocycles. The standard InChI is InChI=1S/C14H18ClN3O/c1-2-8-17-10-11-18(14(17)19)9-7-16-13-5-3-12(15)4-6-13/h3-6,10-11,16H,2,7-9H2,1H3. The lowest BCUT2D eigenvalue weighted by Gasteiger charge is -2.06. The Morgan fingerprint density at radius 2 is 1.74 bits per heavy atom. The normalized spacial score (nSPS) is 10.6. The molecule has 0 fully saturated rings. The van der Waals surface area contributed by atoms with E-state index in [9.17, 15) is 4.79 Å². The van der Waals surface area contributed by atoms with E-state index in [1.54, 1.807) is 9.13 Å². The second kappa shape index (κ2) is 6.48. The molecule has 0 unspecified atom stereocenters. The fourth-order valence-corrected chi connectivity index (χ4v) is 2.05. The van der Waals surface area contributed by atoms with Crippen LogP contribution in [0.2, 0.25) is 5.02 Å². The molecule has 4 nitrogen and oxygen atoms in total. The van der Waals surface area contributed by atoms with Crippen molar-refractivity contribution in [3.8, 4) is 0 Å². The Labute approximate surface area is 117 Å². The molecule has 0 amide bonds. The summed E-state index contributed by atoms with van der Waals surface area (Å²) in [5, 5.41) is 3.98. The van der Waals surface area contributed by atoms with Gasteiger partial charge in [0.2, 0.25) is 0 Å². The van der Waals surface area contributed by atoms with E-state index in [0.717, 1.165) is 23.7 Å². The maximum atomic E-state index is 11.9. The predicted molar refractivity (Wildman–Crippen MR) is 78.9 cm³/mol. The van der Waals surface area contributed by atoms with Crippen LogP contribution in [-0.4, -0.2) is 15.7 Å². The number of hydrogen-bond acceptors (Lipinski definition) is 2. The van der Waals surface area contributed by atoms with Gasteiger partial charge in [-0.2, -0.15) is 0 Å². The van der Waals surface area contributed by atoms with Gasteiger partial charge in [-0.3, -0.25) is 9.13 Å². The molecular weight excluding hydrogens is 262 g/mol. The molecule has 0 radical (unpaired) electrons. The third kappa shape index (κ3) is 3.64. The van der Waals surface area contributed by atoms with Crippen molar-refractivity contribution in [2.24, 2.45) is 0 Å². The van der Waals surface area contributed by atoms with Crippen molar-refractivity contribution in [2.75, 3.05) is 11.9 Å². The van der Waals surface area contributed by atoms with Crippen LogP contribution in [0.15, 0.2) is 41.5 Å². The summed E-state index contributed by atoms with van der Waals surface area (Å²) >= 11 is 5.82. The average Bonchev–Trinajstić information content (AvgIpc) is 2.75. The Morgan fingerprint density at radius 1 is 1.11 bits per heavy atom. The van der Waals surface area contributed by atoms with Crippen molar-refractivity contribution >= 4 is 17.3 Å². The molecule has 1 N–H and O–H groups in total. The number of imidazole rings is 1. The number of benzene rings is 1. The number of halogens is 1. The molecule has 2 aromatic rings. The summed E-state index contributed by atoms with van der Waals surface area (Å²) in [7, 11) is 0. The number of rotatable bonds is 6. The van der Waals surface area contributed by atoms with Gasteiger partial charge in [0.1, 0.15) is 0 Å². The number of nitrogens with one attached hydrogen (secondary N) is 1. The van der Waals surface area contributed by atoms with Crippen LogP contribution in [0.3, 0.4) is 0 Å². The molecule has 0 spiro atoms. The third-order valence-electron chi connectivity index (χ3n) is 2.91. The number of aromatic nitrogens is 2. The van der Waals surface area contributed by atoms with E-state index in [1.165, 1.54) is 0 Å². The van der Waals surface area contributed by atoms with Crippen molar-refractivity contribution in [3.63, 3.8) is 0 Å². The summed E-state index contributed by atoms with van der Waals surface area (Å²) in [4.78, 5) is 11.9. The van der Waals surface area contributed by atoms with Crippen molar-refractivity contribution in [1.29, 1.82) is 0 Å². The molecule has 0 aliphatic carbocycles. The molecule has 1 heterocycles. The topological polar surface area (TPSA) is 39.0 Å². The van der Waals surface area contributed by atoms with Gasteiger partial charge in [-0.1, -0.05) is 18.5 Å². The van der Waals surface area contributed by atoms with E-state index in [2.05, 4.69) is 12.2 Å². The van der Waals surface area contributed by atoms with Gasteiger partial charge < -0.3 is 5.32 Å². The highest BCUT2D eigenvalue weighted by Crippen LogP contribution is 2.12. The summed E-state index contributed by atoms with van der Waals surface area (Å²) in [6.07, 6.45) is 4.64. The molecule has 2 rings (SSSR count). The summed E-state index contributed by atoms with van der Waals surface area (Å²) in [6, 6.07) is 7.53. The lowest BCUT2D eigenvalue weighted by atomic mass is 10.3. The van der Waals surface area contributed by atoms with Gasteiger partial charge in [0.15, 0.2) is 0 Å².